The van der Waals surface area contributed by atoms with Crippen molar-refractivity contribution in [2.45, 2.75) is 0 Å². The Balaban J connectivity index is 1.50. The third kappa shape index (κ3) is 3.08. The highest BCUT2D eigenvalue weighted by atomic mass is 16.6. The highest BCUT2D eigenvalue weighted by molar-refractivity contribution is 5.79. The van der Waals surface area contributed by atoms with E-state index in [0.717, 1.165) is 16.9 Å². The molecule has 1 aliphatic rings. The zero-order valence-corrected chi connectivity index (χ0v) is 16.0. The van der Waals surface area contributed by atoms with E-state index < -0.39 is 4.92 Å². The molecule has 0 radical (unpaired) electrons. The van der Waals surface area contributed by atoms with Gasteiger partial charge in [0.15, 0.2) is 0 Å². The Hall–Kier alpha value is -4.08. The number of aromatic nitrogens is 5. The predicted octanol–water partition coefficient (Wildman–Crippen LogP) is 2.45. The summed E-state index contributed by atoms with van der Waals surface area (Å²) in [6.45, 7) is 2.58. The van der Waals surface area contributed by atoms with Crippen molar-refractivity contribution in [2.75, 3.05) is 36.0 Å². The van der Waals surface area contributed by atoms with Crippen molar-refractivity contribution in [2.24, 2.45) is 0 Å². The first-order chi connectivity index (χ1) is 14.7. The van der Waals surface area contributed by atoms with Crippen molar-refractivity contribution >= 4 is 28.4 Å². The van der Waals surface area contributed by atoms with Crippen LogP contribution in [0.25, 0.3) is 16.9 Å². The number of hydrogen-bond acceptors (Lipinski definition) is 8. The number of hydrogen-bond donors (Lipinski definition) is 0. The van der Waals surface area contributed by atoms with Crippen LogP contribution in [0, 0.1) is 10.1 Å². The first kappa shape index (κ1) is 18.0. The van der Waals surface area contributed by atoms with Gasteiger partial charge in [-0.2, -0.15) is 0 Å². The van der Waals surface area contributed by atoms with Crippen molar-refractivity contribution in [3.63, 3.8) is 0 Å². The van der Waals surface area contributed by atoms with Crippen LogP contribution < -0.4 is 9.80 Å². The van der Waals surface area contributed by atoms with Crippen molar-refractivity contribution in [1.29, 1.82) is 0 Å². The molecular formula is C20H18N8O2. The van der Waals surface area contributed by atoms with Gasteiger partial charge in [-0.3, -0.25) is 14.7 Å². The molecule has 1 aliphatic heterocycles. The van der Waals surface area contributed by atoms with Gasteiger partial charge < -0.3 is 9.80 Å². The van der Waals surface area contributed by atoms with Gasteiger partial charge in [-0.1, -0.05) is 18.2 Å². The highest BCUT2D eigenvalue weighted by Crippen LogP contribution is 2.33. The maximum absolute atomic E-state index is 12.0. The van der Waals surface area contributed by atoms with Crippen LogP contribution in [0.1, 0.15) is 0 Å². The molecule has 0 N–H and O–H groups in total. The molecule has 1 fully saturated rings. The second kappa shape index (κ2) is 7.39. The number of nitrogens with zero attached hydrogens (tertiary/aromatic N) is 8. The van der Waals surface area contributed by atoms with Crippen LogP contribution in [0.5, 0.6) is 0 Å². The smallest absolute Gasteiger partial charge is 0.353 e. The summed E-state index contributed by atoms with van der Waals surface area (Å²) in [5, 5.41) is 12.0. The monoisotopic (exact) mass is 402 g/mol. The van der Waals surface area contributed by atoms with Crippen LogP contribution in [0.3, 0.4) is 0 Å². The first-order valence-electron chi connectivity index (χ1n) is 9.55. The Morgan fingerprint density at radius 3 is 2.33 bits per heavy atom. The summed E-state index contributed by atoms with van der Waals surface area (Å²) in [5.41, 5.74) is 1.38. The van der Waals surface area contributed by atoms with E-state index in [1.54, 1.807) is 17.1 Å². The fourth-order valence-corrected chi connectivity index (χ4v) is 3.75. The molecule has 10 nitrogen and oxygen atoms in total. The number of fused-ring (bicyclic) bond motifs is 1. The summed E-state index contributed by atoms with van der Waals surface area (Å²) in [4.78, 5) is 33.0. The second-order valence-corrected chi connectivity index (χ2v) is 6.89. The molecule has 4 heterocycles. The Morgan fingerprint density at radius 2 is 1.57 bits per heavy atom. The van der Waals surface area contributed by atoms with Gasteiger partial charge in [0.2, 0.25) is 11.6 Å². The Bertz CT molecular complexity index is 1200. The van der Waals surface area contributed by atoms with Crippen LogP contribution in [-0.4, -0.2) is 55.6 Å². The summed E-state index contributed by atoms with van der Waals surface area (Å²) in [5.74, 6) is 1.44. The molecule has 1 saturated heterocycles. The van der Waals surface area contributed by atoms with E-state index in [4.69, 9.17) is 0 Å². The Labute approximate surface area is 171 Å². The SMILES string of the molecule is O=[N+]([O-])c1c(N2CCN(c3ccccn3)CC2)ncnc1-n1cnc2ccccc21. The molecule has 0 bridgehead atoms. The predicted molar refractivity (Wildman–Crippen MR) is 112 cm³/mol. The van der Waals surface area contributed by atoms with Crippen molar-refractivity contribution in [1.82, 2.24) is 24.5 Å². The summed E-state index contributed by atoms with van der Waals surface area (Å²) < 4.78 is 1.64. The molecule has 4 aromatic rings. The molecule has 10 heteroatoms. The summed E-state index contributed by atoms with van der Waals surface area (Å²) in [6.07, 6.45) is 4.69. The summed E-state index contributed by atoms with van der Waals surface area (Å²) in [6, 6.07) is 13.3. The van der Waals surface area contributed by atoms with E-state index in [2.05, 4.69) is 24.8 Å². The summed E-state index contributed by atoms with van der Waals surface area (Å²) in [7, 11) is 0. The molecule has 0 aliphatic carbocycles. The number of nitro groups is 1. The molecule has 0 atom stereocenters. The van der Waals surface area contributed by atoms with Crippen LogP contribution in [0.15, 0.2) is 61.3 Å². The quantitative estimate of drug-likeness (QED) is 0.378. The molecule has 5 rings (SSSR count). The van der Waals surface area contributed by atoms with Gasteiger partial charge >= 0.3 is 5.69 Å². The number of imidazole rings is 1. The fraction of sp³-hybridized carbons (Fsp3) is 0.200. The number of piperazine rings is 1. The number of anilines is 2. The van der Waals surface area contributed by atoms with Gasteiger partial charge in [-0.25, -0.2) is 19.9 Å². The lowest BCUT2D eigenvalue weighted by Gasteiger charge is -2.35. The van der Waals surface area contributed by atoms with E-state index in [-0.39, 0.29) is 11.5 Å². The largest absolute Gasteiger partial charge is 0.354 e. The van der Waals surface area contributed by atoms with Crippen LogP contribution >= 0.6 is 0 Å². The first-order valence-corrected chi connectivity index (χ1v) is 9.55. The van der Waals surface area contributed by atoms with Crippen LogP contribution in [0.2, 0.25) is 0 Å². The van der Waals surface area contributed by atoms with Gasteiger partial charge in [-0.05, 0) is 24.3 Å². The number of pyridine rings is 1. The lowest BCUT2D eigenvalue weighted by molar-refractivity contribution is -0.384. The maximum atomic E-state index is 12.0. The molecule has 0 spiro atoms. The van der Waals surface area contributed by atoms with Crippen molar-refractivity contribution in [3.8, 4) is 5.82 Å². The lowest BCUT2D eigenvalue weighted by atomic mass is 10.2. The average molecular weight is 402 g/mol. The van der Waals surface area contributed by atoms with E-state index in [9.17, 15) is 10.1 Å². The zero-order chi connectivity index (χ0) is 20.5. The second-order valence-electron chi connectivity index (χ2n) is 6.89. The molecule has 0 unspecified atom stereocenters. The molecule has 0 saturated carbocycles. The zero-order valence-electron chi connectivity index (χ0n) is 16.0. The van der Waals surface area contributed by atoms with E-state index >= 15 is 0 Å². The van der Waals surface area contributed by atoms with Gasteiger partial charge in [0.25, 0.3) is 0 Å². The van der Waals surface area contributed by atoms with Gasteiger partial charge in [0.05, 0.1) is 16.0 Å². The van der Waals surface area contributed by atoms with Crippen molar-refractivity contribution < 1.29 is 4.92 Å². The minimum atomic E-state index is -0.412. The lowest BCUT2D eigenvalue weighted by Crippen LogP contribution is -2.47. The molecule has 0 amide bonds. The molecule has 1 aromatic carbocycles. The van der Waals surface area contributed by atoms with Crippen LogP contribution in [-0.2, 0) is 0 Å². The fourth-order valence-electron chi connectivity index (χ4n) is 3.75. The van der Waals surface area contributed by atoms with E-state index in [1.165, 1.54) is 6.33 Å². The topological polar surface area (TPSA) is 106 Å². The van der Waals surface area contributed by atoms with E-state index in [1.807, 2.05) is 47.4 Å². The third-order valence-corrected chi connectivity index (χ3v) is 5.20. The Morgan fingerprint density at radius 1 is 0.833 bits per heavy atom. The molecule has 150 valence electrons. The molecule has 30 heavy (non-hydrogen) atoms. The van der Waals surface area contributed by atoms with Gasteiger partial charge in [-0.15, -0.1) is 0 Å². The Kier molecular flexibility index (Phi) is 4.43. The average Bonchev–Trinajstić information content (AvgIpc) is 3.23. The van der Waals surface area contributed by atoms with Crippen molar-refractivity contribution in [3.05, 3.63) is 71.4 Å². The van der Waals surface area contributed by atoms with Gasteiger partial charge in [0.1, 0.15) is 18.5 Å². The molecular weight excluding hydrogens is 384 g/mol. The third-order valence-electron chi connectivity index (χ3n) is 5.20. The maximum Gasteiger partial charge on any atom is 0.354 e. The normalized spacial score (nSPS) is 14.3. The van der Waals surface area contributed by atoms with Crippen LogP contribution in [0.4, 0.5) is 17.3 Å². The number of benzene rings is 1. The summed E-state index contributed by atoms with van der Waals surface area (Å²) >= 11 is 0. The number of para-hydroxylation sites is 2. The minimum absolute atomic E-state index is 0.119. The number of rotatable bonds is 4. The standard InChI is InChI=1S/C20H18N8O2/c29-28(30)18-19(26-11-9-25(10-12-26)17-7-3-4-8-21-17)22-13-23-20(18)27-14-24-15-5-1-2-6-16(15)27/h1-8,13-14H,9-12H2. The molecule has 3 aromatic heterocycles. The minimum Gasteiger partial charge on any atom is -0.353 e. The highest BCUT2D eigenvalue weighted by Gasteiger charge is 2.30. The van der Waals surface area contributed by atoms with E-state index in [0.29, 0.717) is 32.0 Å². The van der Waals surface area contributed by atoms with Gasteiger partial charge in [0, 0.05) is 32.4 Å².